The Hall–Kier alpha value is -2.73. The fraction of sp³-hybridized carbons (Fsp3) is 0.467. The molecule has 0 radical (unpaired) electrons. The molecule has 196 valence electrons. The lowest BCUT2D eigenvalue weighted by molar-refractivity contribution is 0.0852. The number of anilines is 1. The number of hydrogen-bond acceptors (Lipinski definition) is 4. The number of allylic oxidation sites excluding steroid dienone is 1. The Balaban J connectivity index is 0.000000248. The summed E-state index contributed by atoms with van der Waals surface area (Å²) in [5, 5.41) is 13.2. The van der Waals surface area contributed by atoms with E-state index in [1.165, 1.54) is 24.8 Å². The Morgan fingerprint density at radius 2 is 1.50 bits per heavy atom. The predicted molar refractivity (Wildman–Crippen MR) is 154 cm³/mol. The van der Waals surface area contributed by atoms with Crippen LogP contribution in [0.2, 0.25) is 0 Å². The van der Waals surface area contributed by atoms with Crippen molar-refractivity contribution in [3.63, 3.8) is 0 Å². The number of benzene rings is 2. The minimum absolute atomic E-state index is 0.0795. The molecule has 0 spiro atoms. The van der Waals surface area contributed by atoms with E-state index in [2.05, 4.69) is 24.5 Å². The lowest BCUT2D eigenvalue weighted by Crippen LogP contribution is -2.21. The van der Waals surface area contributed by atoms with Crippen LogP contribution in [0.5, 0.6) is 5.75 Å². The van der Waals surface area contributed by atoms with E-state index in [0.29, 0.717) is 5.56 Å². The van der Waals surface area contributed by atoms with Crippen LogP contribution in [-0.4, -0.2) is 41.2 Å². The van der Waals surface area contributed by atoms with Crippen LogP contribution >= 0.6 is 12.6 Å². The highest BCUT2D eigenvalue weighted by atomic mass is 32.1. The van der Waals surface area contributed by atoms with E-state index in [4.69, 9.17) is 0 Å². The molecule has 2 aromatic rings. The summed E-state index contributed by atoms with van der Waals surface area (Å²) in [5.41, 5.74) is 4.87. The van der Waals surface area contributed by atoms with Gasteiger partial charge in [-0.3, -0.25) is 9.59 Å². The third-order valence-corrected chi connectivity index (χ3v) is 6.97. The molecular weight excluding hydrogens is 468 g/mol. The Bertz CT molecular complexity index is 988. The Morgan fingerprint density at radius 3 is 1.86 bits per heavy atom. The molecular formula is C30H42N2O3S. The van der Waals surface area contributed by atoms with Gasteiger partial charge in [-0.2, -0.15) is 0 Å². The third-order valence-electron chi connectivity index (χ3n) is 6.68. The van der Waals surface area contributed by atoms with Crippen LogP contribution in [0.25, 0.3) is 11.1 Å². The van der Waals surface area contributed by atoms with Crippen LogP contribution < -0.4 is 5.32 Å². The minimum atomic E-state index is -0.0810. The largest absolute Gasteiger partial charge is 0.507 e. The maximum atomic E-state index is 12.2. The first-order valence-corrected chi connectivity index (χ1v) is 13.6. The van der Waals surface area contributed by atoms with E-state index in [1.807, 2.05) is 51.2 Å². The van der Waals surface area contributed by atoms with Gasteiger partial charge in [-0.25, -0.2) is 0 Å². The number of phenols is 1. The number of nitrogens with one attached hydrogen (secondary N) is 1. The molecule has 2 aliphatic carbocycles. The number of likely N-dealkylation sites (tertiary alicyclic amines) is 1. The topological polar surface area (TPSA) is 69.6 Å². The maximum Gasteiger partial charge on any atom is 0.278 e. The second-order valence-corrected chi connectivity index (χ2v) is 9.51. The third kappa shape index (κ3) is 8.74. The summed E-state index contributed by atoms with van der Waals surface area (Å²) in [7, 11) is 1.88. The van der Waals surface area contributed by atoms with E-state index in [9.17, 15) is 14.7 Å². The van der Waals surface area contributed by atoms with Crippen molar-refractivity contribution in [3.05, 3.63) is 60.2 Å². The van der Waals surface area contributed by atoms with Gasteiger partial charge >= 0.3 is 0 Å². The van der Waals surface area contributed by atoms with Gasteiger partial charge in [-0.05, 0) is 80.3 Å². The highest BCUT2D eigenvalue weighted by molar-refractivity contribution is 7.96. The molecule has 3 aliphatic rings. The average Bonchev–Trinajstić information content (AvgIpc) is 3.39. The van der Waals surface area contributed by atoms with E-state index in [0.717, 1.165) is 62.0 Å². The van der Waals surface area contributed by atoms with Crippen LogP contribution in [0.3, 0.4) is 0 Å². The first-order valence-electron chi connectivity index (χ1n) is 13.2. The zero-order chi connectivity index (χ0) is 26.5. The standard InChI is InChI=1S/C18H19NO2.C5H9NOS.C5H8.C2H6/c1-19-15-8-5-12(6-9-15)14-7-10-16(17(20)11-14)18(21)13-3-2-4-13;7-5(8)6-3-1-2-4-6;1-5-3-2-4-5;1-2/h5-11,13,19-20H,2-4H2,1H3;1-4H2,(H,7,8);1-4H2;1-2H3. The number of Topliss-reactive ketones (excluding diaryl/α,β-unsaturated/α-hetero) is 1. The first kappa shape index (κ1) is 29.5. The average molecular weight is 511 g/mol. The van der Waals surface area contributed by atoms with Gasteiger partial charge in [0.2, 0.25) is 0 Å². The Labute approximate surface area is 222 Å². The Morgan fingerprint density at radius 1 is 0.944 bits per heavy atom. The molecule has 5 rings (SSSR count). The van der Waals surface area contributed by atoms with Crippen molar-refractivity contribution < 1.29 is 14.7 Å². The van der Waals surface area contributed by atoms with E-state index in [-0.39, 0.29) is 22.7 Å². The summed E-state index contributed by atoms with van der Waals surface area (Å²) in [6, 6.07) is 13.3. The zero-order valence-corrected chi connectivity index (χ0v) is 22.9. The normalized spacial score (nSPS) is 16.0. The lowest BCUT2D eigenvalue weighted by atomic mass is 9.79. The van der Waals surface area contributed by atoms with E-state index >= 15 is 0 Å². The monoisotopic (exact) mass is 510 g/mol. The summed E-state index contributed by atoms with van der Waals surface area (Å²) < 4.78 is 0. The van der Waals surface area contributed by atoms with Gasteiger partial charge in [-0.15, -0.1) is 0 Å². The first-order chi connectivity index (χ1) is 17.4. The second-order valence-electron chi connectivity index (χ2n) is 9.13. The van der Waals surface area contributed by atoms with Crippen molar-refractivity contribution in [2.45, 2.75) is 65.2 Å². The maximum absolute atomic E-state index is 12.2. The highest BCUT2D eigenvalue weighted by Crippen LogP contribution is 2.34. The van der Waals surface area contributed by atoms with Gasteiger partial charge < -0.3 is 15.3 Å². The van der Waals surface area contributed by atoms with Gasteiger partial charge in [0.05, 0.1) is 5.56 Å². The number of ketones is 1. The number of phenolic OH excluding ortho intramolecular Hbond substituents is 1. The lowest BCUT2D eigenvalue weighted by Gasteiger charge is -2.24. The Kier molecular flexibility index (Phi) is 12.6. The van der Waals surface area contributed by atoms with E-state index in [1.54, 1.807) is 17.0 Å². The summed E-state index contributed by atoms with van der Waals surface area (Å²) in [6.45, 7) is 9.57. The molecule has 2 N–H and O–H groups in total. The quantitative estimate of drug-likeness (QED) is 0.222. The number of amides is 1. The molecule has 3 fully saturated rings. The van der Waals surface area contributed by atoms with Crippen molar-refractivity contribution in [2.75, 3.05) is 25.5 Å². The van der Waals surface area contributed by atoms with Gasteiger partial charge in [-0.1, -0.05) is 63.2 Å². The van der Waals surface area contributed by atoms with Crippen LogP contribution in [0.4, 0.5) is 10.5 Å². The molecule has 1 amide bonds. The molecule has 1 saturated heterocycles. The smallest absolute Gasteiger partial charge is 0.278 e. The molecule has 0 aromatic heterocycles. The summed E-state index contributed by atoms with van der Waals surface area (Å²) in [4.78, 5) is 24.4. The van der Waals surface area contributed by atoms with Crippen molar-refractivity contribution in [3.8, 4) is 16.9 Å². The molecule has 5 nitrogen and oxygen atoms in total. The SMILES string of the molecule is C=C1CCC1.CC.CNc1ccc(-c2ccc(C(=O)C3CCC3)c(O)c2)cc1.O=C(S)N1CCCC1. The molecule has 0 unspecified atom stereocenters. The number of carbonyl (C=O) groups excluding carboxylic acids is 2. The highest BCUT2D eigenvalue weighted by Gasteiger charge is 2.27. The predicted octanol–water partition coefficient (Wildman–Crippen LogP) is 7.97. The van der Waals surface area contributed by atoms with Crippen molar-refractivity contribution in [2.24, 2.45) is 5.92 Å². The number of rotatable bonds is 4. The van der Waals surface area contributed by atoms with Crippen LogP contribution in [0, 0.1) is 5.92 Å². The molecule has 36 heavy (non-hydrogen) atoms. The van der Waals surface area contributed by atoms with E-state index < -0.39 is 0 Å². The number of nitrogens with zero attached hydrogens (tertiary/aromatic N) is 1. The molecule has 1 heterocycles. The molecule has 1 aliphatic heterocycles. The molecule has 6 heteroatoms. The number of thiol groups is 1. The number of aromatic hydroxyl groups is 1. The fourth-order valence-corrected chi connectivity index (χ4v) is 4.17. The minimum Gasteiger partial charge on any atom is -0.507 e. The fourth-order valence-electron chi connectivity index (χ4n) is 3.97. The molecule has 0 bridgehead atoms. The van der Waals surface area contributed by atoms with Gasteiger partial charge in [0.15, 0.2) is 5.78 Å². The van der Waals surface area contributed by atoms with Gasteiger partial charge in [0.1, 0.15) is 5.75 Å². The van der Waals surface area contributed by atoms with Crippen LogP contribution in [0.15, 0.2) is 54.6 Å². The van der Waals surface area contributed by atoms with Gasteiger partial charge in [0.25, 0.3) is 5.24 Å². The van der Waals surface area contributed by atoms with Gasteiger partial charge in [0, 0.05) is 31.7 Å². The second kappa shape index (κ2) is 15.4. The number of hydrogen-bond donors (Lipinski definition) is 3. The molecule has 2 saturated carbocycles. The van der Waals surface area contributed by atoms with Crippen LogP contribution in [0.1, 0.15) is 75.6 Å². The zero-order valence-electron chi connectivity index (χ0n) is 22.1. The van der Waals surface area contributed by atoms with Crippen molar-refractivity contribution in [1.29, 1.82) is 0 Å². The van der Waals surface area contributed by atoms with Crippen molar-refractivity contribution >= 4 is 29.3 Å². The summed E-state index contributed by atoms with van der Waals surface area (Å²) >= 11 is 3.68. The molecule has 0 atom stereocenters. The van der Waals surface area contributed by atoms with Crippen LogP contribution in [-0.2, 0) is 0 Å². The van der Waals surface area contributed by atoms with Crippen molar-refractivity contribution in [1.82, 2.24) is 4.90 Å². The number of carbonyl (C=O) groups is 2. The summed E-state index contributed by atoms with van der Waals surface area (Å²) in [6.07, 6.45) is 9.28. The summed E-state index contributed by atoms with van der Waals surface area (Å²) in [5.74, 6) is 0.273. The molecule has 2 aromatic carbocycles.